The van der Waals surface area contributed by atoms with Crippen molar-refractivity contribution < 1.29 is 0 Å². The van der Waals surface area contributed by atoms with Gasteiger partial charge in [0.1, 0.15) is 17.3 Å². The minimum Gasteiger partial charge on any atom is -0.354 e. The predicted octanol–water partition coefficient (Wildman–Crippen LogP) is 1.91. The summed E-state index contributed by atoms with van der Waals surface area (Å²) >= 11 is 5.87. The van der Waals surface area contributed by atoms with Crippen molar-refractivity contribution >= 4 is 17.4 Å². The largest absolute Gasteiger partial charge is 0.354 e. The fourth-order valence-corrected chi connectivity index (χ4v) is 2.31. The number of anilines is 1. The molecule has 0 bridgehead atoms. The molecule has 2 heterocycles. The molecule has 1 aliphatic heterocycles. The first kappa shape index (κ1) is 12.6. The van der Waals surface area contributed by atoms with Crippen LogP contribution in [0.3, 0.4) is 0 Å². The molecule has 0 aliphatic carbocycles. The zero-order chi connectivity index (χ0) is 12.3. The molecule has 0 N–H and O–H groups in total. The van der Waals surface area contributed by atoms with Gasteiger partial charge in [0.2, 0.25) is 0 Å². The summed E-state index contributed by atoms with van der Waals surface area (Å²) in [6.45, 7) is 9.92. The summed E-state index contributed by atoms with van der Waals surface area (Å²) in [6, 6.07) is 1.83. The lowest BCUT2D eigenvalue weighted by Crippen LogP contribution is -2.47. The smallest absolute Gasteiger partial charge is 0.134 e. The molecule has 0 unspecified atom stereocenters. The maximum atomic E-state index is 5.87. The van der Waals surface area contributed by atoms with Gasteiger partial charge in [0.25, 0.3) is 0 Å². The van der Waals surface area contributed by atoms with Crippen LogP contribution in [-0.4, -0.2) is 47.6 Å². The lowest BCUT2D eigenvalue weighted by molar-refractivity contribution is 0.231. The SMILES string of the molecule is CC(C)CN1CCN(c2cc(Cl)ncn2)CC1. The first-order chi connectivity index (χ1) is 8.15. The fraction of sp³-hybridized carbons (Fsp3) is 0.667. The van der Waals surface area contributed by atoms with Crippen LogP contribution in [0.1, 0.15) is 13.8 Å². The Morgan fingerprint density at radius 1 is 1.24 bits per heavy atom. The number of aromatic nitrogens is 2. The van der Waals surface area contributed by atoms with E-state index < -0.39 is 0 Å². The third-order valence-corrected chi connectivity index (χ3v) is 3.15. The maximum Gasteiger partial charge on any atom is 0.134 e. The van der Waals surface area contributed by atoms with Gasteiger partial charge in [-0.15, -0.1) is 0 Å². The summed E-state index contributed by atoms with van der Waals surface area (Å²) in [5.41, 5.74) is 0. The molecular formula is C12H19ClN4. The van der Waals surface area contributed by atoms with Gasteiger partial charge in [-0.05, 0) is 5.92 Å². The molecule has 17 heavy (non-hydrogen) atoms. The molecule has 0 saturated carbocycles. The van der Waals surface area contributed by atoms with Crippen LogP contribution in [0.5, 0.6) is 0 Å². The molecule has 0 radical (unpaired) electrons. The van der Waals surface area contributed by atoms with Crippen molar-refractivity contribution in [2.45, 2.75) is 13.8 Å². The third-order valence-electron chi connectivity index (χ3n) is 2.94. The van der Waals surface area contributed by atoms with E-state index in [2.05, 4.69) is 33.6 Å². The highest BCUT2D eigenvalue weighted by molar-refractivity contribution is 6.29. The number of piperazine rings is 1. The average molecular weight is 255 g/mol. The van der Waals surface area contributed by atoms with Crippen LogP contribution in [-0.2, 0) is 0 Å². The molecular weight excluding hydrogens is 236 g/mol. The zero-order valence-corrected chi connectivity index (χ0v) is 11.2. The predicted molar refractivity (Wildman–Crippen MR) is 70.5 cm³/mol. The van der Waals surface area contributed by atoms with Gasteiger partial charge < -0.3 is 4.90 Å². The van der Waals surface area contributed by atoms with Crippen LogP contribution >= 0.6 is 11.6 Å². The fourth-order valence-electron chi connectivity index (χ4n) is 2.17. The molecule has 2 rings (SSSR count). The molecule has 4 nitrogen and oxygen atoms in total. The van der Waals surface area contributed by atoms with Gasteiger partial charge in [0.15, 0.2) is 0 Å². The van der Waals surface area contributed by atoms with E-state index in [1.165, 1.54) is 12.9 Å². The van der Waals surface area contributed by atoms with Crippen molar-refractivity contribution in [3.05, 3.63) is 17.5 Å². The van der Waals surface area contributed by atoms with Crippen molar-refractivity contribution in [2.24, 2.45) is 5.92 Å². The summed E-state index contributed by atoms with van der Waals surface area (Å²) in [5, 5.41) is 0.514. The molecule has 0 aromatic carbocycles. The monoisotopic (exact) mass is 254 g/mol. The van der Waals surface area contributed by atoms with Gasteiger partial charge in [-0.2, -0.15) is 0 Å². The molecule has 1 aromatic rings. The Balaban J connectivity index is 1.91. The van der Waals surface area contributed by atoms with E-state index in [1.54, 1.807) is 0 Å². The number of nitrogens with zero attached hydrogens (tertiary/aromatic N) is 4. The average Bonchev–Trinajstić information content (AvgIpc) is 2.29. The Bertz CT molecular complexity index is 361. The van der Waals surface area contributed by atoms with Crippen LogP contribution in [0.15, 0.2) is 12.4 Å². The molecule has 94 valence electrons. The molecule has 5 heteroatoms. The lowest BCUT2D eigenvalue weighted by Gasteiger charge is -2.36. The van der Waals surface area contributed by atoms with Gasteiger partial charge in [0, 0.05) is 38.8 Å². The van der Waals surface area contributed by atoms with Gasteiger partial charge in [-0.25, -0.2) is 9.97 Å². The summed E-state index contributed by atoms with van der Waals surface area (Å²) < 4.78 is 0. The highest BCUT2D eigenvalue weighted by Gasteiger charge is 2.18. The van der Waals surface area contributed by atoms with E-state index in [1.807, 2.05) is 6.07 Å². The summed E-state index contributed by atoms with van der Waals surface area (Å²) in [6.07, 6.45) is 1.53. The summed E-state index contributed by atoms with van der Waals surface area (Å²) in [5.74, 6) is 1.67. The van der Waals surface area contributed by atoms with Crippen molar-refractivity contribution in [3.8, 4) is 0 Å². The normalized spacial score (nSPS) is 17.8. The molecule has 0 amide bonds. The quantitative estimate of drug-likeness (QED) is 0.772. The third kappa shape index (κ3) is 3.54. The minimum atomic E-state index is 0.514. The van der Waals surface area contributed by atoms with Crippen molar-refractivity contribution in [1.29, 1.82) is 0 Å². The molecule has 1 aromatic heterocycles. The van der Waals surface area contributed by atoms with Crippen LogP contribution in [0.2, 0.25) is 5.15 Å². The number of hydrogen-bond donors (Lipinski definition) is 0. The second-order valence-corrected chi connectivity index (χ2v) is 5.27. The standard InChI is InChI=1S/C12H19ClN4/c1-10(2)8-16-3-5-17(6-4-16)12-7-11(13)14-9-15-12/h7,9-10H,3-6,8H2,1-2H3. The highest BCUT2D eigenvalue weighted by Crippen LogP contribution is 2.16. The Morgan fingerprint density at radius 2 is 1.94 bits per heavy atom. The van der Waals surface area contributed by atoms with Gasteiger partial charge in [-0.3, -0.25) is 4.90 Å². The first-order valence-electron chi connectivity index (χ1n) is 6.10. The van der Waals surface area contributed by atoms with Gasteiger partial charge in [0.05, 0.1) is 0 Å². The summed E-state index contributed by atoms with van der Waals surface area (Å²) in [7, 11) is 0. The zero-order valence-electron chi connectivity index (χ0n) is 10.4. The molecule has 1 fully saturated rings. The Labute approximate surface area is 108 Å². The van der Waals surface area contributed by atoms with Crippen molar-refractivity contribution in [3.63, 3.8) is 0 Å². The van der Waals surface area contributed by atoms with Crippen LogP contribution in [0, 0.1) is 5.92 Å². The number of hydrogen-bond acceptors (Lipinski definition) is 4. The van der Waals surface area contributed by atoms with Gasteiger partial charge in [-0.1, -0.05) is 25.4 Å². The molecule has 0 atom stereocenters. The first-order valence-corrected chi connectivity index (χ1v) is 6.48. The highest BCUT2D eigenvalue weighted by atomic mass is 35.5. The molecule has 1 aliphatic rings. The second kappa shape index (κ2) is 5.65. The summed E-state index contributed by atoms with van der Waals surface area (Å²) in [4.78, 5) is 12.9. The van der Waals surface area contributed by atoms with Crippen LogP contribution < -0.4 is 4.90 Å². The van der Waals surface area contributed by atoms with Crippen LogP contribution in [0.25, 0.3) is 0 Å². The molecule has 0 spiro atoms. The van der Waals surface area contributed by atoms with Crippen molar-refractivity contribution in [1.82, 2.24) is 14.9 Å². The van der Waals surface area contributed by atoms with E-state index in [0.29, 0.717) is 5.15 Å². The van der Waals surface area contributed by atoms with Crippen molar-refractivity contribution in [2.75, 3.05) is 37.6 Å². The van der Waals surface area contributed by atoms with E-state index in [4.69, 9.17) is 11.6 Å². The van der Waals surface area contributed by atoms with E-state index in [9.17, 15) is 0 Å². The Hall–Kier alpha value is -0.870. The minimum absolute atomic E-state index is 0.514. The van der Waals surface area contributed by atoms with Crippen LogP contribution in [0.4, 0.5) is 5.82 Å². The Morgan fingerprint density at radius 3 is 2.53 bits per heavy atom. The second-order valence-electron chi connectivity index (χ2n) is 4.88. The maximum absolute atomic E-state index is 5.87. The Kier molecular flexibility index (Phi) is 4.18. The topological polar surface area (TPSA) is 32.3 Å². The number of rotatable bonds is 3. The molecule has 1 saturated heterocycles. The van der Waals surface area contributed by atoms with E-state index in [0.717, 1.165) is 37.9 Å². The van der Waals surface area contributed by atoms with Gasteiger partial charge >= 0.3 is 0 Å². The number of halogens is 1. The van der Waals surface area contributed by atoms with E-state index in [-0.39, 0.29) is 0 Å². The van der Waals surface area contributed by atoms with E-state index >= 15 is 0 Å². The lowest BCUT2D eigenvalue weighted by atomic mass is 10.2.